The van der Waals surface area contributed by atoms with Gasteiger partial charge in [0, 0.05) is 10.7 Å². The summed E-state index contributed by atoms with van der Waals surface area (Å²) in [4.78, 5) is 0. The van der Waals surface area contributed by atoms with E-state index in [4.69, 9.17) is 17.3 Å². The molecule has 17 heavy (non-hydrogen) atoms. The average Bonchev–Trinajstić information content (AvgIpc) is 2.29. The number of hydrogen-bond donors (Lipinski definition) is 4. The molecule has 0 aliphatic carbocycles. The van der Waals surface area contributed by atoms with Crippen molar-refractivity contribution in [2.75, 3.05) is 11.1 Å². The maximum atomic E-state index is 9.62. The van der Waals surface area contributed by atoms with Gasteiger partial charge in [-0.25, -0.2) is 0 Å². The van der Waals surface area contributed by atoms with E-state index in [0.29, 0.717) is 16.4 Å². The zero-order chi connectivity index (χ0) is 12.4. The monoisotopic (exact) mass is 250 g/mol. The largest absolute Gasteiger partial charge is 0.506 e. The van der Waals surface area contributed by atoms with Crippen LogP contribution in [0.2, 0.25) is 5.02 Å². The van der Waals surface area contributed by atoms with Crippen molar-refractivity contribution in [3.05, 3.63) is 41.4 Å². The Bertz CT molecular complexity index is 558. The maximum absolute atomic E-state index is 9.62. The van der Waals surface area contributed by atoms with Crippen LogP contribution in [0, 0.1) is 0 Å². The molecule has 0 saturated heterocycles. The lowest BCUT2D eigenvalue weighted by Crippen LogP contribution is -1.93. The minimum absolute atomic E-state index is 0.0193. The summed E-state index contributed by atoms with van der Waals surface area (Å²) in [6.45, 7) is 0. The molecule has 0 aliphatic heterocycles. The van der Waals surface area contributed by atoms with Gasteiger partial charge in [0.25, 0.3) is 0 Å². The molecule has 0 aliphatic rings. The van der Waals surface area contributed by atoms with Crippen LogP contribution in [0.15, 0.2) is 36.4 Å². The number of halogens is 1. The molecular formula is C12H11ClN2O2. The van der Waals surface area contributed by atoms with Crippen molar-refractivity contribution in [1.82, 2.24) is 0 Å². The third kappa shape index (κ3) is 2.54. The van der Waals surface area contributed by atoms with E-state index in [9.17, 15) is 10.2 Å². The minimum atomic E-state index is 0.0193. The minimum Gasteiger partial charge on any atom is -0.506 e. The van der Waals surface area contributed by atoms with Crippen LogP contribution in [-0.4, -0.2) is 10.2 Å². The Labute approximate surface area is 103 Å². The zero-order valence-corrected chi connectivity index (χ0v) is 9.57. The average molecular weight is 251 g/mol. The summed E-state index contributed by atoms with van der Waals surface area (Å²) in [5, 5.41) is 22.4. The summed E-state index contributed by atoms with van der Waals surface area (Å²) in [6.07, 6.45) is 0. The Morgan fingerprint density at radius 1 is 1.00 bits per heavy atom. The summed E-state index contributed by atoms with van der Waals surface area (Å²) in [5.41, 5.74) is 6.95. The molecule has 2 aromatic carbocycles. The quantitative estimate of drug-likeness (QED) is 0.375. The summed E-state index contributed by atoms with van der Waals surface area (Å²) >= 11 is 5.82. The van der Waals surface area contributed by atoms with Crippen molar-refractivity contribution in [3.63, 3.8) is 0 Å². The van der Waals surface area contributed by atoms with Crippen molar-refractivity contribution < 1.29 is 10.2 Å². The summed E-state index contributed by atoms with van der Waals surface area (Å²) in [6, 6.07) is 9.36. The number of nitrogens with two attached hydrogens (primary N) is 1. The summed E-state index contributed by atoms with van der Waals surface area (Å²) in [7, 11) is 0. The van der Waals surface area contributed by atoms with E-state index in [0.717, 1.165) is 0 Å². The molecule has 0 amide bonds. The Hall–Kier alpha value is -2.07. The van der Waals surface area contributed by atoms with Gasteiger partial charge in [-0.2, -0.15) is 0 Å². The molecular weight excluding hydrogens is 240 g/mol. The van der Waals surface area contributed by atoms with Gasteiger partial charge < -0.3 is 21.3 Å². The van der Waals surface area contributed by atoms with Crippen molar-refractivity contribution in [2.24, 2.45) is 0 Å². The van der Waals surface area contributed by atoms with Gasteiger partial charge in [0.2, 0.25) is 0 Å². The van der Waals surface area contributed by atoms with Crippen molar-refractivity contribution in [1.29, 1.82) is 0 Å². The molecule has 0 atom stereocenters. The van der Waals surface area contributed by atoms with Crippen LogP contribution in [0.5, 0.6) is 11.5 Å². The van der Waals surface area contributed by atoms with Crippen molar-refractivity contribution in [3.8, 4) is 11.5 Å². The van der Waals surface area contributed by atoms with Gasteiger partial charge in [-0.1, -0.05) is 11.6 Å². The van der Waals surface area contributed by atoms with Crippen LogP contribution >= 0.6 is 11.6 Å². The van der Waals surface area contributed by atoms with Crippen LogP contribution in [0.1, 0.15) is 0 Å². The molecule has 0 fully saturated rings. The number of phenolic OH excluding ortho intramolecular Hbond substituents is 2. The van der Waals surface area contributed by atoms with E-state index in [1.54, 1.807) is 24.3 Å². The first-order chi connectivity index (χ1) is 8.06. The lowest BCUT2D eigenvalue weighted by atomic mass is 10.2. The normalized spacial score (nSPS) is 10.2. The summed E-state index contributed by atoms with van der Waals surface area (Å²) in [5.74, 6) is 0.104. The van der Waals surface area contributed by atoms with E-state index < -0.39 is 0 Å². The lowest BCUT2D eigenvalue weighted by molar-refractivity contribution is 0.478. The Morgan fingerprint density at radius 2 is 1.71 bits per heavy atom. The number of nitrogen functional groups attached to an aromatic ring is 1. The Morgan fingerprint density at radius 3 is 2.41 bits per heavy atom. The molecule has 2 aromatic rings. The van der Waals surface area contributed by atoms with Crippen LogP contribution < -0.4 is 11.1 Å². The molecule has 5 heteroatoms. The number of hydrogen-bond acceptors (Lipinski definition) is 4. The first-order valence-electron chi connectivity index (χ1n) is 4.90. The molecule has 5 N–H and O–H groups in total. The molecule has 2 rings (SSSR count). The van der Waals surface area contributed by atoms with Gasteiger partial charge in [0.1, 0.15) is 11.5 Å². The van der Waals surface area contributed by atoms with Crippen LogP contribution in [0.4, 0.5) is 17.1 Å². The number of rotatable bonds is 2. The van der Waals surface area contributed by atoms with Crippen LogP contribution in [-0.2, 0) is 0 Å². The van der Waals surface area contributed by atoms with E-state index in [1.807, 2.05) is 0 Å². The second-order valence-electron chi connectivity index (χ2n) is 3.56. The van der Waals surface area contributed by atoms with Gasteiger partial charge in [0.15, 0.2) is 0 Å². The number of nitrogens with one attached hydrogen (secondary N) is 1. The van der Waals surface area contributed by atoms with Crippen molar-refractivity contribution in [2.45, 2.75) is 0 Å². The van der Waals surface area contributed by atoms with Gasteiger partial charge in [-0.05, 0) is 36.4 Å². The molecule has 0 bridgehead atoms. The number of aromatic hydroxyl groups is 2. The number of phenols is 2. The lowest BCUT2D eigenvalue weighted by Gasteiger charge is -2.10. The summed E-state index contributed by atoms with van der Waals surface area (Å²) < 4.78 is 0. The van der Waals surface area contributed by atoms with E-state index in [2.05, 4.69) is 5.32 Å². The fourth-order valence-corrected chi connectivity index (χ4v) is 1.57. The predicted molar refractivity (Wildman–Crippen MR) is 68.9 cm³/mol. The SMILES string of the molecule is Nc1cc(Nc2cc(Cl)ccc2O)ccc1O. The molecule has 0 saturated carbocycles. The highest BCUT2D eigenvalue weighted by Gasteiger charge is 2.04. The van der Waals surface area contributed by atoms with E-state index in [-0.39, 0.29) is 17.2 Å². The third-order valence-corrected chi connectivity index (χ3v) is 2.50. The fourth-order valence-electron chi connectivity index (χ4n) is 1.40. The van der Waals surface area contributed by atoms with Gasteiger partial charge in [-0.3, -0.25) is 0 Å². The second-order valence-corrected chi connectivity index (χ2v) is 4.00. The maximum Gasteiger partial charge on any atom is 0.139 e. The number of anilines is 3. The Kier molecular flexibility index (Phi) is 2.97. The highest BCUT2D eigenvalue weighted by Crippen LogP contribution is 2.31. The van der Waals surface area contributed by atoms with E-state index >= 15 is 0 Å². The molecule has 88 valence electrons. The highest BCUT2D eigenvalue weighted by atomic mass is 35.5. The molecule has 0 spiro atoms. The predicted octanol–water partition coefficient (Wildman–Crippen LogP) is 3.08. The molecule has 4 nitrogen and oxygen atoms in total. The van der Waals surface area contributed by atoms with Crippen LogP contribution in [0.3, 0.4) is 0 Å². The highest BCUT2D eigenvalue weighted by molar-refractivity contribution is 6.30. The van der Waals surface area contributed by atoms with Gasteiger partial charge >= 0.3 is 0 Å². The third-order valence-electron chi connectivity index (χ3n) is 2.27. The zero-order valence-electron chi connectivity index (χ0n) is 8.81. The van der Waals surface area contributed by atoms with Crippen molar-refractivity contribution >= 4 is 28.7 Å². The first kappa shape index (κ1) is 11.4. The van der Waals surface area contributed by atoms with Gasteiger partial charge in [-0.15, -0.1) is 0 Å². The fraction of sp³-hybridized carbons (Fsp3) is 0. The van der Waals surface area contributed by atoms with E-state index in [1.165, 1.54) is 12.1 Å². The number of benzene rings is 2. The first-order valence-corrected chi connectivity index (χ1v) is 5.28. The topological polar surface area (TPSA) is 78.5 Å². The second kappa shape index (κ2) is 4.43. The molecule has 0 aromatic heterocycles. The van der Waals surface area contributed by atoms with Crippen LogP contribution in [0.25, 0.3) is 0 Å². The molecule has 0 unspecified atom stereocenters. The smallest absolute Gasteiger partial charge is 0.139 e. The van der Waals surface area contributed by atoms with Gasteiger partial charge in [0.05, 0.1) is 11.4 Å². The standard InChI is InChI=1S/C12H11ClN2O2/c13-7-1-3-12(17)10(5-7)15-8-2-4-11(16)9(14)6-8/h1-6,15-17H,14H2. The molecule has 0 heterocycles. The Balaban J connectivity index is 2.31. The molecule has 0 radical (unpaired) electrons.